The van der Waals surface area contributed by atoms with Gasteiger partial charge in [-0.25, -0.2) is 13.9 Å². The molecule has 0 saturated heterocycles. The molecular formula is C34H55N3O12P2. The third-order valence-corrected chi connectivity index (χ3v) is 10.9. The van der Waals surface area contributed by atoms with Crippen molar-refractivity contribution in [2.24, 2.45) is 0 Å². The SMILES string of the molecule is CCCCCCCCCCCCOP(=O)(OCc1ccc(OC(=O)CCCC)cc1)OP(=O)(O)OC[C@@H]1C=C[C@H](n2cc(C)c(=O)[nH]c2=O)O1.N. The molecule has 1 aromatic heterocycles. The van der Waals surface area contributed by atoms with Crippen LogP contribution < -0.4 is 22.1 Å². The molecule has 4 atom stereocenters. The van der Waals surface area contributed by atoms with Crippen LogP contribution >= 0.6 is 15.6 Å². The predicted octanol–water partition coefficient (Wildman–Crippen LogP) is 7.95. The molecule has 2 unspecified atom stereocenters. The molecule has 1 aliphatic heterocycles. The van der Waals surface area contributed by atoms with Gasteiger partial charge in [-0.1, -0.05) is 96.3 Å². The molecule has 1 aliphatic rings. The van der Waals surface area contributed by atoms with Crippen LogP contribution in [0.4, 0.5) is 0 Å². The monoisotopic (exact) mass is 759 g/mol. The molecule has 0 amide bonds. The topological polar surface area (TPSA) is 217 Å². The Labute approximate surface area is 299 Å². The molecule has 0 bridgehead atoms. The first-order valence-corrected chi connectivity index (χ1v) is 20.4. The summed E-state index contributed by atoms with van der Waals surface area (Å²) in [4.78, 5) is 48.5. The number of carbonyl (C=O) groups is 1. The van der Waals surface area contributed by atoms with Crippen molar-refractivity contribution >= 4 is 21.6 Å². The van der Waals surface area contributed by atoms with E-state index in [-0.39, 0.29) is 25.3 Å². The van der Waals surface area contributed by atoms with Crippen LogP contribution in [0.2, 0.25) is 0 Å². The van der Waals surface area contributed by atoms with Gasteiger partial charge in [0, 0.05) is 18.2 Å². The molecule has 0 saturated carbocycles. The average molecular weight is 760 g/mol. The number of nitrogens with zero attached hydrogens (tertiary/aromatic N) is 1. The van der Waals surface area contributed by atoms with Crippen LogP contribution in [0, 0.1) is 6.92 Å². The molecule has 288 valence electrons. The van der Waals surface area contributed by atoms with Gasteiger partial charge in [-0.3, -0.25) is 32.7 Å². The molecule has 3 rings (SSSR count). The second-order valence-corrected chi connectivity index (χ2v) is 15.5. The van der Waals surface area contributed by atoms with Gasteiger partial charge in [0.1, 0.15) is 11.9 Å². The number of phosphoric acid groups is 2. The van der Waals surface area contributed by atoms with E-state index in [9.17, 15) is 28.4 Å². The van der Waals surface area contributed by atoms with Crippen LogP contribution in [0.5, 0.6) is 5.75 Å². The third kappa shape index (κ3) is 16.7. The van der Waals surface area contributed by atoms with Crippen molar-refractivity contribution in [3.05, 3.63) is 74.6 Å². The van der Waals surface area contributed by atoms with E-state index in [1.165, 1.54) is 57.4 Å². The lowest BCUT2D eigenvalue weighted by molar-refractivity contribution is -0.134. The number of benzene rings is 1. The van der Waals surface area contributed by atoms with Crippen LogP contribution in [0.15, 0.2) is 52.2 Å². The number of aryl methyl sites for hydroxylation is 1. The van der Waals surface area contributed by atoms with Gasteiger partial charge in [0.2, 0.25) is 0 Å². The minimum atomic E-state index is -5.02. The Kier molecular flexibility index (Phi) is 20.1. The first-order chi connectivity index (χ1) is 23.9. The van der Waals surface area contributed by atoms with Gasteiger partial charge in [0.15, 0.2) is 6.23 Å². The summed E-state index contributed by atoms with van der Waals surface area (Å²) < 4.78 is 59.9. The number of aromatic nitrogens is 2. The Hall–Kier alpha value is -2.71. The van der Waals surface area contributed by atoms with Gasteiger partial charge in [0.05, 0.1) is 19.8 Å². The van der Waals surface area contributed by atoms with E-state index >= 15 is 0 Å². The highest BCUT2D eigenvalue weighted by molar-refractivity contribution is 7.61. The lowest BCUT2D eigenvalue weighted by Gasteiger charge is -2.22. The molecule has 17 heteroatoms. The standard InChI is InChI=1S/C34H52N2O12P2.H3N/c1-4-6-8-9-10-11-12-13-14-15-23-43-50(42,45-25-28-17-19-29(20-18-28)47-32(37)16-7-5-2)48-49(40,41)44-26-30-21-22-31(46-30)36-24-27(3)33(38)35-34(36)39;/h17-22,24,30-31H,4-16,23,25-26H2,1-3H3,(H,40,41)(H,35,38,39);1H3/t30-,31+,50?;/m0./s1. The molecule has 2 heterocycles. The summed E-state index contributed by atoms with van der Waals surface area (Å²) in [5.74, 6) is -0.00649. The van der Waals surface area contributed by atoms with Crippen molar-refractivity contribution in [3.63, 3.8) is 0 Å². The largest absolute Gasteiger partial charge is 0.484 e. The van der Waals surface area contributed by atoms with E-state index in [4.69, 9.17) is 27.4 Å². The predicted molar refractivity (Wildman–Crippen MR) is 193 cm³/mol. The fourth-order valence-corrected chi connectivity index (χ4v) is 7.64. The van der Waals surface area contributed by atoms with Crippen molar-refractivity contribution in [1.29, 1.82) is 0 Å². The molecule has 5 N–H and O–H groups in total. The number of carbonyl (C=O) groups excluding carboxylic acids is 1. The highest BCUT2D eigenvalue weighted by Crippen LogP contribution is 2.64. The van der Waals surface area contributed by atoms with Gasteiger partial charge < -0.3 is 20.5 Å². The number of esters is 1. The maximum atomic E-state index is 13.6. The number of hydrogen-bond acceptors (Lipinski definition) is 12. The fourth-order valence-electron chi connectivity index (χ4n) is 5.00. The van der Waals surface area contributed by atoms with E-state index < -0.39 is 45.8 Å². The number of aromatic amines is 1. The highest BCUT2D eigenvalue weighted by atomic mass is 31.3. The van der Waals surface area contributed by atoms with Crippen molar-refractivity contribution in [3.8, 4) is 5.75 Å². The summed E-state index contributed by atoms with van der Waals surface area (Å²) in [5.41, 5.74) is -0.395. The van der Waals surface area contributed by atoms with Gasteiger partial charge in [0.25, 0.3) is 5.56 Å². The lowest BCUT2D eigenvalue weighted by Crippen LogP contribution is -2.33. The van der Waals surface area contributed by atoms with Crippen molar-refractivity contribution < 1.29 is 46.2 Å². The second-order valence-electron chi connectivity index (χ2n) is 12.2. The van der Waals surface area contributed by atoms with Gasteiger partial charge in [-0.2, -0.15) is 4.31 Å². The number of phosphoric ester groups is 2. The van der Waals surface area contributed by atoms with E-state index in [1.54, 1.807) is 24.3 Å². The normalized spacial score (nSPS) is 17.8. The Bertz CT molecular complexity index is 1580. The van der Waals surface area contributed by atoms with Crippen LogP contribution in [0.25, 0.3) is 0 Å². The highest BCUT2D eigenvalue weighted by Gasteiger charge is 2.39. The molecule has 0 radical (unpaired) electrons. The van der Waals surface area contributed by atoms with E-state index in [1.807, 2.05) is 6.92 Å². The van der Waals surface area contributed by atoms with E-state index in [0.29, 0.717) is 29.7 Å². The minimum Gasteiger partial charge on any atom is -0.427 e. The van der Waals surface area contributed by atoms with Crippen molar-refractivity contribution in [2.45, 2.75) is 123 Å². The van der Waals surface area contributed by atoms with Gasteiger partial charge >= 0.3 is 27.3 Å². The summed E-state index contributed by atoms with van der Waals surface area (Å²) >= 11 is 0. The van der Waals surface area contributed by atoms with Gasteiger partial charge in [-0.05, 0) is 43.5 Å². The first kappa shape index (κ1) is 44.5. The zero-order chi connectivity index (χ0) is 36.4. The lowest BCUT2D eigenvalue weighted by atomic mass is 10.1. The minimum absolute atomic E-state index is 0. The maximum absolute atomic E-state index is 13.6. The molecule has 0 spiro atoms. The molecule has 15 nitrogen and oxygen atoms in total. The molecular weight excluding hydrogens is 704 g/mol. The zero-order valence-electron chi connectivity index (χ0n) is 30.0. The summed E-state index contributed by atoms with van der Waals surface area (Å²) in [6.07, 6.45) is 15.2. The number of unbranched alkanes of at least 4 members (excludes halogenated alkanes) is 10. The molecule has 2 aromatic rings. The smallest absolute Gasteiger partial charge is 0.427 e. The number of nitrogens with one attached hydrogen (secondary N) is 1. The van der Waals surface area contributed by atoms with E-state index in [0.717, 1.165) is 43.1 Å². The van der Waals surface area contributed by atoms with Gasteiger partial charge in [-0.15, -0.1) is 0 Å². The van der Waals surface area contributed by atoms with Crippen LogP contribution in [0.1, 0.15) is 115 Å². The number of hydrogen-bond donors (Lipinski definition) is 3. The van der Waals surface area contributed by atoms with Crippen LogP contribution in [-0.4, -0.2) is 39.7 Å². The summed E-state index contributed by atoms with van der Waals surface area (Å²) in [5, 5.41) is 0. The van der Waals surface area contributed by atoms with Crippen molar-refractivity contribution in [2.75, 3.05) is 13.2 Å². The number of H-pyrrole nitrogens is 1. The average Bonchev–Trinajstić information content (AvgIpc) is 3.55. The third-order valence-electron chi connectivity index (χ3n) is 7.86. The summed E-state index contributed by atoms with van der Waals surface area (Å²) in [6.45, 7) is 4.87. The Balaban J connectivity index is 0.00000901. The zero-order valence-corrected chi connectivity index (χ0v) is 31.8. The van der Waals surface area contributed by atoms with E-state index in [2.05, 4.69) is 11.9 Å². The quantitative estimate of drug-likeness (QED) is 0.0288. The Morgan fingerprint density at radius 2 is 1.51 bits per heavy atom. The van der Waals surface area contributed by atoms with Crippen LogP contribution in [0.3, 0.4) is 0 Å². The molecule has 0 aliphatic carbocycles. The number of ether oxygens (including phenoxy) is 2. The second kappa shape index (κ2) is 23.1. The Morgan fingerprint density at radius 3 is 2.16 bits per heavy atom. The maximum Gasteiger partial charge on any atom is 0.484 e. The molecule has 51 heavy (non-hydrogen) atoms. The Morgan fingerprint density at radius 1 is 0.882 bits per heavy atom. The first-order valence-electron chi connectivity index (χ1n) is 17.5. The fraction of sp³-hybridized carbons (Fsp3) is 0.618. The number of rotatable bonds is 25. The summed E-state index contributed by atoms with van der Waals surface area (Å²) in [7, 11) is -9.65. The molecule has 0 fully saturated rings. The summed E-state index contributed by atoms with van der Waals surface area (Å²) in [6, 6.07) is 6.31. The van der Waals surface area contributed by atoms with Crippen molar-refractivity contribution in [1.82, 2.24) is 15.7 Å². The van der Waals surface area contributed by atoms with Crippen LogP contribution in [-0.2, 0) is 43.2 Å². The molecule has 1 aromatic carbocycles.